The SMILES string of the molecule is CN(C)Cc1ccccc1-c1ccc(NC(=O)n2ncc3c(C#N)nn(-c4cccc(-c5nnc(N)[nH]5)c4)c3c2=O)cc1. The van der Waals surface area contributed by atoms with Gasteiger partial charge in [0, 0.05) is 17.8 Å². The molecule has 0 aliphatic heterocycles. The molecule has 13 heteroatoms. The van der Waals surface area contributed by atoms with E-state index in [1.165, 1.54) is 16.4 Å². The summed E-state index contributed by atoms with van der Waals surface area (Å²) in [6.07, 6.45) is 1.28. The molecule has 0 saturated carbocycles. The molecule has 3 aromatic carbocycles. The number of carbonyl (C=O) groups is 1. The normalized spacial score (nSPS) is 11.1. The van der Waals surface area contributed by atoms with Crippen LogP contribution in [0, 0.1) is 11.3 Å². The second-order valence-corrected chi connectivity index (χ2v) is 10.0. The minimum absolute atomic E-state index is 0.00777. The number of aromatic amines is 1. The number of anilines is 2. The smallest absolute Gasteiger partial charge is 0.349 e. The maximum Gasteiger partial charge on any atom is 0.349 e. The molecule has 212 valence electrons. The lowest BCUT2D eigenvalue weighted by atomic mass is 9.99. The van der Waals surface area contributed by atoms with E-state index in [2.05, 4.69) is 47.7 Å². The van der Waals surface area contributed by atoms with Crippen LogP contribution in [0.1, 0.15) is 11.3 Å². The number of hydrogen-bond donors (Lipinski definition) is 3. The van der Waals surface area contributed by atoms with Crippen molar-refractivity contribution in [3.05, 3.63) is 101 Å². The Morgan fingerprint density at radius 1 is 1.05 bits per heavy atom. The van der Waals surface area contributed by atoms with Gasteiger partial charge < -0.3 is 20.9 Å². The molecular formula is C30H25N11O2. The quantitative estimate of drug-likeness (QED) is 0.269. The summed E-state index contributed by atoms with van der Waals surface area (Å²) < 4.78 is 2.02. The number of benzene rings is 3. The number of nitrogens with zero attached hydrogens (tertiary/aromatic N) is 8. The van der Waals surface area contributed by atoms with Crippen LogP contribution in [0.5, 0.6) is 0 Å². The van der Waals surface area contributed by atoms with Crippen LogP contribution in [0.25, 0.3) is 39.1 Å². The maximum absolute atomic E-state index is 13.6. The third-order valence-electron chi connectivity index (χ3n) is 6.74. The first-order valence-electron chi connectivity index (χ1n) is 13.2. The predicted octanol–water partition coefficient (Wildman–Crippen LogP) is 3.63. The topological polar surface area (TPSA) is 176 Å². The van der Waals surface area contributed by atoms with E-state index >= 15 is 0 Å². The molecule has 0 saturated heterocycles. The largest absolute Gasteiger partial charge is 0.368 e. The molecule has 6 rings (SSSR count). The van der Waals surface area contributed by atoms with Gasteiger partial charge in [0.25, 0.3) is 0 Å². The van der Waals surface area contributed by atoms with Gasteiger partial charge in [-0.3, -0.25) is 4.79 Å². The zero-order valence-electron chi connectivity index (χ0n) is 23.2. The van der Waals surface area contributed by atoms with E-state index in [0.29, 0.717) is 27.4 Å². The highest BCUT2D eigenvalue weighted by molar-refractivity contribution is 5.93. The van der Waals surface area contributed by atoms with Gasteiger partial charge in [-0.15, -0.1) is 14.9 Å². The molecule has 0 radical (unpaired) electrons. The first-order valence-corrected chi connectivity index (χ1v) is 13.2. The van der Waals surface area contributed by atoms with Gasteiger partial charge in [0.05, 0.1) is 17.3 Å². The summed E-state index contributed by atoms with van der Waals surface area (Å²) in [5, 5.41) is 28.8. The van der Waals surface area contributed by atoms with Crippen molar-refractivity contribution < 1.29 is 4.79 Å². The summed E-state index contributed by atoms with van der Waals surface area (Å²) in [5.74, 6) is 0.572. The van der Waals surface area contributed by atoms with Gasteiger partial charge in [-0.05, 0) is 55.1 Å². The van der Waals surface area contributed by atoms with Crippen molar-refractivity contribution in [3.8, 4) is 34.3 Å². The van der Waals surface area contributed by atoms with Gasteiger partial charge >= 0.3 is 11.6 Å². The highest BCUT2D eigenvalue weighted by Gasteiger charge is 2.21. The van der Waals surface area contributed by atoms with Crippen LogP contribution in [0.3, 0.4) is 0 Å². The molecule has 0 unspecified atom stereocenters. The van der Waals surface area contributed by atoms with Gasteiger partial charge in [-0.25, -0.2) is 9.48 Å². The van der Waals surface area contributed by atoms with Gasteiger partial charge in [0.1, 0.15) is 11.6 Å². The summed E-state index contributed by atoms with van der Waals surface area (Å²) in [4.78, 5) is 31.8. The van der Waals surface area contributed by atoms with Crippen molar-refractivity contribution in [3.63, 3.8) is 0 Å². The Balaban J connectivity index is 1.32. The van der Waals surface area contributed by atoms with E-state index in [4.69, 9.17) is 5.73 Å². The highest BCUT2D eigenvalue weighted by atomic mass is 16.2. The number of aromatic nitrogens is 7. The van der Waals surface area contributed by atoms with Crippen molar-refractivity contribution in [2.45, 2.75) is 6.54 Å². The lowest BCUT2D eigenvalue weighted by molar-refractivity contribution is 0.250. The van der Waals surface area contributed by atoms with E-state index in [-0.39, 0.29) is 22.5 Å². The molecule has 0 bridgehead atoms. The third-order valence-corrected chi connectivity index (χ3v) is 6.74. The van der Waals surface area contributed by atoms with Crippen LogP contribution in [-0.2, 0) is 6.54 Å². The highest BCUT2D eigenvalue weighted by Crippen LogP contribution is 2.26. The first-order chi connectivity index (χ1) is 20.8. The molecule has 43 heavy (non-hydrogen) atoms. The van der Waals surface area contributed by atoms with E-state index in [9.17, 15) is 14.9 Å². The van der Waals surface area contributed by atoms with E-state index in [0.717, 1.165) is 17.7 Å². The molecule has 3 aromatic heterocycles. The summed E-state index contributed by atoms with van der Waals surface area (Å²) in [7, 11) is 4.03. The van der Waals surface area contributed by atoms with Crippen LogP contribution in [0.15, 0.2) is 83.8 Å². The monoisotopic (exact) mass is 571 g/mol. The Hall–Kier alpha value is -6.13. The molecule has 0 fully saturated rings. The van der Waals surface area contributed by atoms with E-state index in [1.54, 1.807) is 36.4 Å². The second kappa shape index (κ2) is 11.0. The lowest BCUT2D eigenvalue weighted by Gasteiger charge is -2.14. The third kappa shape index (κ3) is 5.21. The van der Waals surface area contributed by atoms with E-state index in [1.807, 2.05) is 44.4 Å². The molecule has 3 heterocycles. The first kappa shape index (κ1) is 27.1. The number of rotatable bonds is 6. The number of H-pyrrole nitrogens is 1. The standard InChI is InChI=1S/C30H25N11O2/c1-39(2)17-20-6-3-4-9-23(20)18-10-12-21(13-11-18)34-30(43)41-28(42)26-24(16-33-41)25(15-31)38-40(26)22-8-5-7-19(14-22)27-35-29(32)37-36-27/h3-14,16H,17H2,1-2H3,(H,34,43)(H3,32,35,36,37). The Morgan fingerprint density at radius 2 is 1.84 bits per heavy atom. The number of nitrogen functional groups attached to an aromatic ring is 1. The van der Waals surface area contributed by atoms with Crippen LogP contribution < -0.4 is 16.6 Å². The van der Waals surface area contributed by atoms with Crippen LogP contribution in [0.2, 0.25) is 0 Å². The van der Waals surface area contributed by atoms with Crippen molar-refractivity contribution in [2.75, 3.05) is 25.1 Å². The Morgan fingerprint density at radius 3 is 2.56 bits per heavy atom. The number of carbonyl (C=O) groups excluding carboxylic acids is 1. The van der Waals surface area contributed by atoms with Gasteiger partial charge in [-0.1, -0.05) is 48.5 Å². The number of amides is 1. The summed E-state index contributed by atoms with van der Waals surface area (Å²) in [5.41, 5.74) is 9.77. The Bertz CT molecular complexity index is 2080. The van der Waals surface area contributed by atoms with Crippen molar-refractivity contribution in [1.82, 2.24) is 39.6 Å². The van der Waals surface area contributed by atoms with Crippen molar-refractivity contribution >= 4 is 28.6 Å². The molecule has 0 aliphatic carbocycles. The number of hydrogen-bond acceptors (Lipinski definition) is 9. The fourth-order valence-corrected chi connectivity index (χ4v) is 4.82. The average Bonchev–Trinajstić information content (AvgIpc) is 3.62. The van der Waals surface area contributed by atoms with Gasteiger partial charge in [0.2, 0.25) is 5.95 Å². The molecule has 0 spiro atoms. The van der Waals surface area contributed by atoms with Crippen molar-refractivity contribution in [1.29, 1.82) is 5.26 Å². The van der Waals surface area contributed by atoms with Crippen LogP contribution >= 0.6 is 0 Å². The van der Waals surface area contributed by atoms with Gasteiger partial charge in [0.15, 0.2) is 11.5 Å². The summed E-state index contributed by atoms with van der Waals surface area (Å²) >= 11 is 0. The minimum Gasteiger partial charge on any atom is -0.368 e. The van der Waals surface area contributed by atoms with Crippen LogP contribution in [0.4, 0.5) is 16.4 Å². The minimum atomic E-state index is -0.759. The number of nitriles is 1. The number of nitrogens with two attached hydrogens (primary N) is 1. The number of fused-ring (bicyclic) bond motifs is 1. The predicted molar refractivity (Wildman–Crippen MR) is 161 cm³/mol. The maximum atomic E-state index is 13.6. The fourth-order valence-electron chi connectivity index (χ4n) is 4.82. The summed E-state index contributed by atoms with van der Waals surface area (Å²) in [6.45, 7) is 0.787. The van der Waals surface area contributed by atoms with E-state index < -0.39 is 11.6 Å². The molecule has 0 atom stereocenters. The Labute approximate surface area is 244 Å². The van der Waals surface area contributed by atoms with Gasteiger partial charge in [-0.2, -0.15) is 15.5 Å². The van der Waals surface area contributed by atoms with Crippen molar-refractivity contribution in [2.24, 2.45) is 0 Å². The van der Waals surface area contributed by atoms with Crippen LogP contribution in [-0.4, -0.2) is 59.8 Å². The fraction of sp³-hybridized carbons (Fsp3) is 0.100. The zero-order chi connectivity index (χ0) is 30.1. The Kier molecular flexibility index (Phi) is 6.94. The molecule has 0 aliphatic rings. The molecule has 6 aromatic rings. The molecule has 13 nitrogen and oxygen atoms in total. The lowest BCUT2D eigenvalue weighted by Crippen LogP contribution is -2.33. The summed E-state index contributed by atoms with van der Waals surface area (Å²) in [6, 6.07) is 23.6. The zero-order valence-corrected chi connectivity index (χ0v) is 23.2. The average molecular weight is 572 g/mol. The second-order valence-electron chi connectivity index (χ2n) is 10.0. The molecular weight excluding hydrogens is 546 g/mol. The molecule has 1 amide bonds. The number of nitrogens with one attached hydrogen (secondary N) is 2. The molecule has 4 N–H and O–H groups in total.